The standard InChI is InChI=1S/C12H14ClN3O2/c1-18-7-6-16(5-4-13)12(17)11-3-2-10(8-14)9-15-11/h2-3,9H,4-7H2,1H3. The molecule has 0 fully saturated rings. The van der Waals surface area contributed by atoms with E-state index in [2.05, 4.69) is 4.98 Å². The SMILES string of the molecule is COCCN(CCCl)C(=O)c1ccc(C#N)cn1. The van der Waals surface area contributed by atoms with E-state index < -0.39 is 0 Å². The first-order valence-electron chi connectivity index (χ1n) is 5.43. The van der Waals surface area contributed by atoms with Gasteiger partial charge in [-0.2, -0.15) is 5.26 Å². The molecule has 1 aromatic heterocycles. The molecule has 18 heavy (non-hydrogen) atoms. The fourth-order valence-corrected chi connectivity index (χ4v) is 1.57. The molecule has 0 radical (unpaired) electrons. The molecule has 1 rings (SSSR count). The zero-order valence-electron chi connectivity index (χ0n) is 10.1. The van der Waals surface area contributed by atoms with Crippen molar-refractivity contribution in [2.24, 2.45) is 0 Å². The molecular weight excluding hydrogens is 254 g/mol. The molecule has 0 unspecified atom stereocenters. The molecule has 0 aliphatic carbocycles. The lowest BCUT2D eigenvalue weighted by Gasteiger charge is -2.20. The van der Waals surface area contributed by atoms with Gasteiger partial charge in [0.2, 0.25) is 0 Å². The van der Waals surface area contributed by atoms with Crippen molar-refractivity contribution >= 4 is 17.5 Å². The third kappa shape index (κ3) is 3.99. The Morgan fingerprint density at radius 2 is 2.33 bits per heavy atom. The molecular formula is C12H14ClN3O2. The Labute approximate surface area is 111 Å². The summed E-state index contributed by atoms with van der Waals surface area (Å²) in [5.74, 6) is 0.142. The smallest absolute Gasteiger partial charge is 0.272 e. The molecule has 0 aliphatic heterocycles. The Morgan fingerprint density at radius 1 is 1.56 bits per heavy atom. The van der Waals surface area contributed by atoms with E-state index in [9.17, 15) is 4.79 Å². The number of hydrogen-bond donors (Lipinski definition) is 0. The van der Waals surface area contributed by atoms with Gasteiger partial charge in [0.15, 0.2) is 0 Å². The number of nitriles is 1. The van der Waals surface area contributed by atoms with Crippen molar-refractivity contribution in [2.75, 3.05) is 32.7 Å². The number of alkyl halides is 1. The number of hydrogen-bond acceptors (Lipinski definition) is 4. The van der Waals surface area contributed by atoms with Crippen molar-refractivity contribution in [3.05, 3.63) is 29.6 Å². The molecule has 0 N–H and O–H groups in total. The lowest BCUT2D eigenvalue weighted by atomic mass is 10.2. The van der Waals surface area contributed by atoms with E-state index in [0.29, 0.717) is 36.8 Å². The Kier molecular flexibility index (Phi) is 6.12. The highest BCUT2D eigenvalue weighted by Crippen LogP contribution is 2.04. The summed E-state index contributed by atoms with van der Waals surface area (Å²) in [4.78, 5) is 17.6. The second-order valence-electron chi connectivity index (χ2n) is 3.52. The number of amides is 1. The van der Waals surface area contributed by atoms with Crippen LogP contribution < -0.4 is 0 Å². The molecule has 0 bridgehead atoms. The minimum Gasteiger partial charge on any atom is -0.383 e. The van der Waals surface area contributed by atoms with Crippen LogP contribution in [0.4, 0.5) is 0 Å². The van der Waals surface area contributed by atoms with E-state index in [4.69, 9.17) is 21.6 Å². The van der Waals surface area contributed by atoms with Crippen molar-refractivity contribution < 1.29 is 9.53 Å². The largest absolute Gasteiger partial charge is 0.383 e. The van der Waals surface area contributed by atoms with Gasteiger partial charge in [-0.05, 0) is 12.1 Å². The Balaban J connectivity index is 2.77. The van der Waals surface area contributed by atoms with Gasteiger partial charge in [0.25, 0.3) is 5.91 Å². The van der Waals surface area contributed by atoms with Crippen LogP contribution in [0.2, 0.25) is 0 Å². The number of rotatable bonds is 6. The third-order valence-electron chi connectivity index (χ3n) is 2.32. The molecule has 1 heterocycles. The summed E-state index contributed by atoms with van der Waals surface area (Å²) in [5, 5.41) is 8.66. The highest BCUT2D eigenvalue weighted by atomic mass is 35.5. The van der Waals surface area contributed by atoms with Crippen molar-refractivity contribution in [1.82, 2.24) is 9.88 Å². The van der Waals surface area contributed by atoms with E-state index in [0.717, 1.165) is 0 Å². The second kappa shape index (κ2) is 7.64. The van der Waals surface area contributed by atoms with Gasteiger partial charge < -0.3 is 9.64 Å². The van der Waals surface area contributed by atoms with Crippen LogP contribution in [0.25, 0.3) is 0 Å². The van der Waals surface area contributed by atoms with E-state index in [1.807, 2.05) is 6.07 Å². The normalized spacial score (nSPS) is 9.83. The summed E-state index contributed by atoms with van der Waals surface area (Å²) in [5.41, 5.74) is 0.725. The molecule has 0 spiro atoms. The Bertz CT molecular complexity index is 428. The number of aromatic nitrogens is 1. The van der Waals surface area contributed by atoms with Crippen LogP contribution in [0.5, 0.6) is 0 Å². The average Bonchev–Trinajstić information content (AvgIpc) is 2.43. The monoisotopic (exact) mass is 267 g/mol. The van der Waals surface area contributed by atoms with Crippen LogP contribution in [-0.4, -0.2) is 48.5 Å². The van der Waals surface area contributed by atoms with Crippen molar-refractivity contribution in [2.45, 2.75) is 0 Å². The summed E-state index contributed by atoms with van der Waals surface area (Å²) in [6.07, 6.45) is 1.38. The lowest BCUT2D eigenvalue weighted by molar-refractivity contribution is 0.0702. The highest BCUT2D eigenvalue weighted by molar-refractivity contribution is 6.18. The van der Waals surface area contributed by atoms with E-state index in [-0.39, 0.29) is 5.91 Å². The van der Waals surface area contributed by atoms with Crippen LogP contribution in [0.1, 0.15) is 16.1 Å². The maximum Gasteiger partial charge on any atom is 0.272 e. The van der Waals surface area contributed by atoms with E-state index in [1.165, 1.54) is 12.3 Å². The predicted molar refractivity (Wildman–Crippen MR) is 67.5 cm³/mol. The first-order chi connectivity index (χ1) is 8.72. The quantitative estimate of drug-likeness (QED) is 0.728. The molecule has 0 aromatic carbocycles. The van der Waals surface area contributed by atoms with Gasteiger partial charge in [0.1, 0.15) is 11.8 Å². The van der Waals surface area contributed by atoms with Gasteiger partial charge in [0, 0.05) is 32.3 Å². The molecule has 0 saturated heterocycles. The molecule has 0 saturated carbocycles. The molecule has 1 amide bonds. The van der Waals surface area contributed by atoms with Gasteiger partial charge in [-0.1, -0.05) is 0 Å². The molecule has 96 valence electrons. The van der Waals surface area contributed by atoms with Crippen LogP contribution in [0.15, 0.2) is 18.3 Å². The number of ether oxygens (including phenoxy) is 1. The van der Waals surface area contributed by atoms with Crippen molar-refractivity contribution in [1.29, 1.82) is 5.26 Å². The number of carbonyl (C=O) groups excluding carboxylic acids is 1. The molecule has 6 heteroatoms. The van der Waals surface area contributed by atoms with Gasteiger partial charge in [-0.3, -0.25) is 4.79 Å². The molecule has 0 atom stereocenters. The first-order valence-corrected chi connectivity index (χ1v) is 5.96. The van der Waals surface area contributed by atoms with Crippen LogP contribution in [0, 0.1) is 11.3 Å². The van der Waals surface area contributed by atoms with E-state index >= 15 is 0 Å². The number of nitrogens with zero attached hydrogens (tertiary/aromatic N) is 3. The van der Waals surface area contributed by atoms with Gasteiger partial charge in [-0.25, -0.2) is 4.98 Å². The third-order valence-corrected chi connectivity index (χ3v) is 2.49. The number of methoxy groups -OCH3 is 1. The lowest BCUT2D eigenvalue weighted by Crippen LogP contribution is -2.35. The minimum atomic E-state index is -0.211. The second-order valence-corrected chi connectivity index (χ2v) is 3.90. The van der Waals surface area contributed by atoms with Gasteiger partial charge in [-0.15, -0.1) is 11.6 Å². The Morgan fingerprint density at radius 3 is 2.83 bits per heavy atom. The van der Waals surface area contributed by atoms with Crippen LogP contribution in [0.3, 0.4) is 0 Å². The van der Waals surface area contributed by atoms with Gasteiger partial charge >= 0.3 is 0 Å². The number of carbonyl (C=O) groups is 1. The minimum absolute atomic E-state index is 0.211. The number of halogens is 1. The van der Waals surface area contributed by atoms with E-state index in [1.54, 1.807) is 18.1 Å². The predicted octanol–water partition coefficient (Wildman–Crippen LogP) is 1.28. The topological polar surface area (TPSA) is 66.2 Å². The summed E-state index contributed by atoms with van der Waals surface area (Å²) in [6, 6.07) is 5.05. The van der Waals surface area contributed by atoms with Crippen molar-refractivity contribution in [3.8, 4) is 6.07 Å². The molecule has 1 aromatic rings. The molecule has 5 nitrogen and oxygen atoms in total. The molecule has 0 aliphatic rings. The summed E-state index contributed by atoms with van der Waals surface area (Å²) < 4.78 is 4.94. The Hall–Kier alpha value is -1.64. The zero-order valence-corrected chi connectivity index (χ0v) is 10.9. The highest BCUT2D eigenvalue weighted by Gasteiger charge is 2.16. The fraction of sp³-hybridized carbons (Fsp3) is 0.417. The van der Waals surface area contributed by atoms with Crippen molar-refractivity contribution in [3.63, 3.8) is 0 Å². The zero-order chi connectivity index (χ0) is 13.4. The van der Waals surface area contributed by atoms with Crippen LogP contribution >= 0.6 is 11.6 Å². The first kappa shape index (κ1) is 14.4. The van der Waals surface area contributed by atoms with Gasteiger partial charge in [0.05, 0.1) is 12.2 Å². The summed E-state index contributed by atoms with van der Waals surface area (Å²) in [7, 11) is 1.57. The summed E-state index contributed by atoms with van der Waals surface area (Å²) >= 11 is 5.66. The average molecular weight is 268 g/mol. The fourth-order valence-electron chi connectivity index (χ4n) is 1.37. The maximum atomic E-state index is 12.1. The number of pyridine rings is 1. The summed E-state index contributed by atoms with van der Waals surface area (Å²) in [6.45, 7) is 1.34. The maximum absolute atomic E-state index is 12.1. The van der Waals surface area contributed by atoms with Crippen LogP contribution in [-0.2, 0) is 4.74 Å².